The number of nitrogens with zero attached hydrogens (tertiary/aromatic N) is 1. The number of carbonyl (C=O) groups excluding carboxylic acids is 2. The number of benzene rings is 2. The highest BCUT2D eigenvalue weighted by Gasteiger charge is 2.33. The van der Waals surface area contributed by atoms with E-state index in [0.717, 1.165) is 29.2 Å². The van der Waals surface area contributed by atoms with Crippen molar-refractivity contribution in [2.24, 2.45) is 0 Å². The number of phenolic OH excluding ortho intramolecular Hbond substituents is 1. The zero-order valence-corrected chi connectivity index (χ0v) is 11.1. The van der Waals surface area contributed by atoms with E-state index in [1.165, 1.54) is 24.3 Å². The molecule has 2 aromatic rings. The molecule has 1 heterocycles. The molecule has 22 heavy (non-hydrogen) atoms. The molecule has 0 unspecified atom stereocenters. The molecule has 0 bridgehead atoms. The van der Waals surface area contributed by atoms with Gasteiger partial charge in [0, 0.05) is 6.08 Å². The third kappa shape index (κ3) is 2.24. The maximum Gasteiger partial charge on any atom is 0.266 e. The van der Waals surface area contributed by atoms with Crippen molar-refractivity contribution in [2.75, 3.05) is 4.90 Å². The van der Waals surface area contributed by atoms with Gasteiger partial charge in [0.15, 0.2) is 11.6 Å². The first-order chi connectivity index (χ1) is 10.5. The summed E-state index contributed by atoms with van der Waals surface area (Å²) in [5.41, 5.74) is 0.237. The Bertz CT molecular complexity index is 830. The van der Waals surface area contributed by atoms with Gasteiger partial charge in [0.05, 0.1) is 11.3 Å². The standard InChI is InChI=1S/C16H9F2NO3/c17-10-2-1-3-11(7-10)19-15(21)8-12(16(19)22)9-4-5-14(20)13(18)6-9/h1-8,20H. The molecule has 0 spiro atoms. The van der Waals surface area contributed by atoms with Crippen LogP contribution in [-0.2, 0) is 9.59 Å². The van der Waals surface area contributed by atoms with E-state index in [1.54, 1.807) is 0 Å². The summed E-state index contributed by atoms with van der Waals surface area (Å²) in [6.45, 7) is 0. The Morgan fingerprint density at radius 3 is 2.45 bits per heavy atom. The summed E-state index contributed by atoms with van der Waals surface area (Å²) in [6, 6.07) is 8.43. The van der Waals surface area contributed by atoms with Gasteiger partial charge in [0.2, 0.25) is 0 Å². The van der Waals surface area contributed by atoms with Crippen molar-refractivity contribution in [3.8, 4) is 5.75 Å². The molecule has 1 aliphatic heterocycles. The van der Waals surface area contributed by atoms with Crippen LogP contribution in [0.3, 0.4) is 0 Å². The van der Waals surface area contributed by atoms with Crippen molar-refractivity contribution in [1.82, 2.24) is 0 Å². The van der Waals surface area contributed by atoms with E-state index in [4.69, 9.17) is 5.11 Å². The number of carbonyl (C=O) groups is 2. The predicted octanol–water partition coefficient (Wildman–Crippen LogP) is 2.63. The topological polar surface area (TPSA) is 57.6 Å². The van der Waals surface area contributed by atoms with Crippen molar-refractivity contribution in [3.05, 3.63) is 65.7 Å². The van der Waals surface area contributed by atoms with Crippen molar-refractivity contribution < 1.29 is 23.5 Å². The van der Waals surface area contributed by atoms with Gasteiger partial charge in [-0.25, -0.2) is 13.7 Å². The number of amides is 2. The van der Waals surface area contributed by atoms with Gasteiger partial charge in [-0.15, -0.1) is 0 Å². The summed E-state index contributed by atoms with van der Waals surface area (Å²) >= 11 is 0. The number of hydrogen-bond donors (Lipinski definition) is 1. The Morgan fingerprint density at radius 2 is 1.77 bits per heavy atom. The Labute approximate surface area is 123 Å². The average molecular weight is 301 g/mol. The van der Waals surface area contributed by atoms with E-state index < -0.39 is 29.2 Å². The summed E-state index contributed by atoms with van der Waals surface area (Å²) in [7, 11) is 0. The first kappa shape index (κ1) is 13.9. The van der Waals surface area contributed by atoms with Crippen molar-refractivity contribution in [1.29, 1.82) is 0 Å². The fourth-order valence-electron chi connectivity index (χ4n) is 2.21. The van der Waals surface area contributed by atoms with Crippen molar-refractivity contribution in [2.45, 2.75) is 0 Å². The fourth-order valence-corrected chi connectivity index (χ4v) is 2.21. The third-order valence-corrected chi connectivity index (χ3v) is 3.25. The van der Waals surface area contributed by atoms with Crippen LogP contribution < -0.4 is 4.90 Å². The normalized spacial score (nSPS) is 14.5. The molecule has 0 saturated carbocycles. The lowest BCUT2D eigenvalue weighted by Crippen LogP contribution is -2.30. The number of aromatic hydroxyl groups is 1. The summed E-state index contributed by atoms with van der Waals surface area (Å²) in [6.07, 6.45) is 1.05. The third-order valence-electron chi connectivity index (χ3n) is 3.25. The van der Waals surface area contributed by atoms with E-state index in [0.29, 0.717) is 0 Å². The van der Waals surface area contributed by atoms with Crippen molar-refractivity contribution in [3.63, 3.8) is 0 Å². The van der Waals surface area contributed by atoms with Gasteiger partial charge in [-0.05, 0) is 35.9 Å². The van der Waals surface area contributed by atoms with Gasteiger partial charge in [-0.3, -0.25) is 9.59 Å². The van der Waals surface area contributed by atoms with E-state index in [1.807, 2.05) is 0 Å². The van der Waals surface area contributed by atoms with Gasteiger partial charge in [-0.1, -0.05) is 12.1 Å². The second kappa shape index (κ2) is 5.07. The Hall–Kier alpha value is -3.02. The molecular weight excluding hydrogens is 292 g/mol. The molecule has 110 valence electrons. The van der Waals surface area contributed by atoms with Gasteiger partial charge in [-0.2, -0.15) is 0 Å². The highest BCUT2D eigenvalue weighted by molar-refractivity contribution is 6.43. The van der Waals surface area contributed by atoms with Crippen LogP contribution in [0.5, 0.6) is 5.75 Å². The van der Waals surface area contributed by atoms with E-state index in [2.05, 4.69) is 0 Å². The minimum atomic E-state index is -0.900. The molecular formula is C16H9F2NO3. The number of rotatable bonds is 2. The van der Waals surface area contributed by atoms with E-state index in [9.17, 15) is 18.4 Å². The lowest BCUT2D eigenvalue weighted by atomic mass is 10.1. The maximum atomic E-state index is 13.4. The molecule has 2 aromatic carbocycles. The molecule has 6 heteroatoms. The molecule has 1 N–H and O–H groups in total. The maximum absolute atomic E-state index is 13.4. The molecule has 0 atom stereocenters. The SMILES string of the molecule is O=C1C=C(c2ccc(O)c(F)c2)C(=O)N1c1cccc(F)c1. The molecule has 3 rings (SSSR count). The first-order valence-corrected chi connectivity index (χ1v) is 6.32. The number of halogens is 2. The molecule has 0 saturated heterocycles. The van der Waals surface area contributed by atoms with Gasteiger partial charge < -0.3 is 5.11 Å². The second-order valence-electron chi connectivity index (χ2n) is 4.68. The summed E-state index contributed by atoms with van der Waals surface area (Å²) < 4.78 is 26.6. The largest absolute Gasteiger partial charge is 0.505 e. The van der Waals surface area contributed by atoms with Crippen LogP contribution in [0.25, 0.3) is 5.57 Å². The lowest BCUT2D eigenvalue weighted by Gasteiger charge is -2.15. The van der Waals surface area contributed by atoms with Crippen LogP contribution in [0.1, 0.15) is 5.56 Å². The highest BCUT2D eigenvalue weighted by Crippen LogP contribution is 2.30. The van der Waals surface area contributed by atoms with Gasteiger partial charge >= 0.3 is 0 Å². The summed E-state index contributed by atoms with van der Waals surface area (Å²) in [4.78, 5) is 25.2. The van der Waals surface area contributed by atoms with Gasteiger partial charge in [0.25, 0.3) is 11.8 Å². The minimum absolute atomic E-state index is 0.0202. The van der Waals surface area contributed by atoms with Crippen LogP contribution in [0.2, 0.25) is 0 Å². The van der Waals surface area contributed by atoms with Crippen LogP contribution >= 0.6 is 0 Å². The van der Waals surface area contributed by atoms with Gasteiger partial charge in [0.1, 0.15) is 5.82 Å². The van der Waals surface area contributed by atoms with Crippen LogP contribution in [0.4, 0.5) is 14.5 Å². The predicted molar refractivity (Wildman–Crippen MR) is 74.9 cm³/mol. The average Bonchev–Trinajstić information content (AvgIpc) is 2.77. The quantitative estimate of drug-likeness (QED) is 0.868. The van der Waals surface area contributed by atoms with Crippen LogP contribution in [0.15, 0.2) is 48.5 Å². The lowest BCUT2D eigenvalue weighted by molar-refractivity contribution is -0.119. The Balaban J connectivity index is 2.00. The molecule has 0 aliphatic carbocycles. The summed E-state index contributed by atoms with van der Waals surface area (Å²) in [5, 5.41) is 9.17. The van der Waals surface area contributed by atoms with Crippen LogP contribution in [0, 0.1) is 11.6 Å². The minimum Gasteiger partial charge on any atom is -0.505 e. The molecule has 0 aromatic heterocycles. The van der Waals surface area contributed by atoms with E-state index >= 15 is 0 Å². The highest BCUT2D eigenvalue weighted by atomic mass is 19.1. The number of hydrogen-bond acceptors (Lipinski definition) is 3. The molecule has 1 aliphatic rings. The molecule has 2 amide bonds. The fraction of sp³-hybridized carbons (Fsp3) is 0. The Kier molecular flexibility index (Phi) is 3.21. The van der Waals surface area contributed by atoms with Crippen molar-refractivity contribution >= 4 is 23.1 Å². The summed E-state index contributed by atoms with van der Waals surface area (Å²) in [5.74, 6) is -3.35. The molecule has 4 nitrogen and oxygen atoms in total. The zero-order chi connectivity index (χ0) is 15.9. The zero-order valence-electron chi connectivity index (χ0n) is 11.1. The number of imide groups is 1. The first-order valence-electron chi connectivity index (χ1n) is 6.32. The van der Waals surface area contributed by atoms with Crippen LogP contribution in [-0.4, -0.2) is 16.9 Å². The number of anilines is 1. The van der Waals surface area contributed by atoms with E-state index in [-0.39, 0.29) is 16.8 Å². The number of phenols is 1. The Morgan fingerprint density at radius 1 is 1.00 bits per heavy atom. The smallest absolute Gasteiger partial charge is 0.266 e. The monoisotopic (exact) mass is 301 g/mol. The molecule has 0 fully saturated rings. The second-order valence-corrected chi connectivity index (χ2v) is 4.68. The molecule has 0 radical (unpaired) electrons.